The molecule has 0 saturated heterocycles. The standard InChI is InChI=1S/C17H24N2O2/c1-4-19(3)9-8-18-17(21)16-12-14(2)11-15(13-16)7-5-6-10-20/h11-13,20H,4,6,8-10H2,1-3H3,(H,18,21). The summed E-state index contributed by atoms with van der Waals surface area (Å²) in [7, 11) is 2.02. The summed E-state index contributed by atoms with van der Waals surface area (Å²) in [5.41, 5.74) is 2.43. The highest BCUT2D eigenvalue weighted by molar-refractivity contribution is 5.94. The highest BCUT2D eigenvalue weighted by Gasteiger charge is 2.07. The van der Waals surface area contributed by atoms with Crippen LogP contribution in [0.3, 0.4) is 0 Å². The van der Waals surface area contributed by atoms with Crippen LogP contribution >= 0.6 is 0 Å². The Bertz CT molecular complexity index is 529. The van der Waals surface area contributed by atoms with Gasteiger partial charge < -0.3 is 15.3 Å². The maximum atomic E-state index is 12.1. The van der Waals surface area contributed by atoms with Crippen LogP contribution in [0.25, 0.3) is 0 Å². The van der Waals surface area contributed by atoms with E-state index in [1.54, 1.807) is 6.07 Å². The van der Waals surface area contributed by atoms with Crippen LogP contribution in [0.2, 0.25) is 0 Å². The van der Waals surface area contributed by atoms with Crippen LogP contribution in [0.4, 0.5) is 0 Å². The molecule has 4 nitrogen and oxygen atoms in total. The fourth-order valence-corrected chi connectivity index (χ4v) is 1.83. The second kappa shape index (κ2) is 9.17. The molecule has 0 saturated carbocycles. The Kier molecular flexibility index (Phi) is 7.52. The first-order chi connectivity index (χ1) is 10.1. The van der Waals surface area contributed by atoms with E-state index in [2.05, 4.69) is 29.0 Å². The highest BCUT2D eigenvalue weighted by atomic mass is 16.2. The summed E-state index contributed by atoms with van der Waals surface area (Å²) in [5.74, 6) is 5.76. The molecule has 0 aliphatic heterocycles. The molecule has 0 aromatic heterocycles. The van der Waals surface area contributed by atoms with E-state index in [1.807, 2.05) is 26.1 Å². The molecule has 0 fully saturated rings. The number of aryl methyl sites for hydroxylation is 1. The molecule has 0 radical (unpaired) electrons. The van der Waals surface area contributed by atoms with E-state index in [0.29, 0.717) is 18.5 Å². The Morgan fingerprint density at radius 3 is 2.81 bits per heavy atom. The van der Waals surface area contributed by atoms with E-state index in [-0.39, 0.29) is 12.5 Å². The number of carbonyl (C=O) groups is 1. The molecule has 4 heteroatoms. The van der Waals surface area contributed by atoms with Crippen LogP contribution in [0.5, 0.6) is 0 Å². The molecule has 0 aliphatic carbocycles. The van der Waals surface area contributed by atoms with Crippen molar-refractivity contribution >= 4 is 5.91 Å². The van der Waals surface area contributed by atoms with E-state index in [9.17, 15) is 4.79 Å². The summed E-state index contributed by atoms with van der Waals surface area (Å²) in [5, 5.41) is 11.7. The summed E-state index contributed by atoms with van der Waals surface area (Å²) >= 11 is 0. The maximum absolute atomic E-state index is 12.1. The first-order valence-corrected chi connectivity index (χ1v) is 7.25. The quantitative estimate of drug-likeness (QED) is 0.778. The number of nitrogens with zero attached hydrogens (tertiary/aromatic N) is 1. The average molecular weight is 288 g/mol. The SMILES string of the molecule is CCN(C)CCNC(=O)c1cc(C)cc(C#CCCO)c1. The van der Waals surface area contributed by atoms with E-state index in [0.717, 1.165) is 24.2 Å². The lowest BCUT2D eigenvalue weighted by Crippen LogP contribution is -2.32. The van der Waals surface area contributed by atoms with Crippen LogP contribution in [-0.4, -0.2) is 49.2 Å². The summed E-state index contributed by atoms with van der Waals surface area (Å²) in [6.07, 6.45) is 0.443. The molecule has 1 amide bonds. The summed E-state index contributed by atoms with van der Waals surface area (Å²) in [6, 6.07) is 5.58. The second-order valence-electron chi connectivity index (χ2n) is 5.01. The van der Waals surface area contributed by atoms with Crippen LogP contribution in [-0.2, 0) is 0 Å². The van der Waals surface area contributed by atoms with E-state index in [1.165, 1.54) is 0 Å². The fourth-order valence-electron chi connectivity index (χ4n) is 1.83. The van der Waals surface area contributed by atoms with Crippen LogP contribution in [0.1, 0.15) is 34.8 Å². The van der Waals surface area contributed by atoms with Gasteiger partial charge in [-0.2, -0.15) is 0 Å². The van der Waals surface area contributed by atoms with Gasteiger partial charge in [0.15, 0.2) is 0 Å². The molecule has 114 valence electrons. The van der Waals surface area contributed by atoms with Crippen molar-refractivity contribution in [3.05, 3.63) is 34.9 Å². The minimum atomic E-state index is -0.0755. The number of amides is 1. The third-order valence-electron chi connectivity index (χ3n) is 3.13. The zero-order valence-electron chi connectivity index (χ0n) is 13.1. The number of likely N-dealkylation sites (N-methyl/N-ethyl adjacent to an activating group) is 1. The number of carbonyl (C=O) groups excluding carboxylic acids is 1. The van der Waals surface area contributed by atoms with Gasteiger partial charge in [0, 0.05) is 30.6 Å². The Balaban J connectivity index is 2.69. The zero-order chi connectivity index (χ0) is 15.7. The van der Waals surface area contributed by atoms with E-state index < -0.39 is 0 Å². The Morgan fingerprint density at radius 2 is 2.14 bits per heavy atom. The van der Waals surface area contributed by atoms with Crippen molar-refractivity contribution in [2.24, 2.45) is 0 Å². The molecule has 1 aromatic carbocycles. The zero-order valence-corrected chi connectivity index (χ0v) is 13.1. The van der Waals surface area contributed by atoms with Crippen molar-refractivity contribution in [2.75, 3.05) is 33.3 Å². The number of nitrogens with one attached hydrogen (secondary N) is 1. The lowest BCUT2D eigenvalue weighted by Gasteiger charge is -2.14. The summed E-state index contributed by atoms with van der Waals surface area (Å²) in [4.78, 5) is 14.3. The largest absolute Gasteiger partial charge is 0.395 e. The van der Waals surface area contributed by atoms with Crippen molar-refractivity contribution < 1.29 is 9.90 Å². The molecule has 0 atom stereocenters. The molecule has 21 heavy (non-hydrogen) atoms. The molecule has 0 spiro atoms. The molecule has 0 aliphatic rings. The third-order valence-corrected chi connectivity index (χ3v) is 3.13. The minimum absolute atomic E-state index is 0.0527. The van der Waals surface area contributed by atoms with Gasteiger partial charge in [-0.1, -0.05) is 18.8 Å². The molecular weight excluding hydrogens is 264 g/mol. The molecule has 0 unspecified atom stereocenters. The normalized spacial score (nSPS) is 10.1. The van der Waals surface area contributed by atoms with Gasteiger partial charge in [0.05, 0.1) is 6.61 Å². The number of hydrogen-bond donors (Lipinski definition) is 2. The Morgan fingerprint density at radius 1 is 1.38 bits per heavy atom. The fraction of sp³-hybridized carbons (Fsp3) is 0.471. The number of rotatable bonds is 6. The maximum Gasteiger partial charge on any atom is 0.251 e. The van der Waals surface area contributed by atoms with Gasteiger partial charge in [0.2, 0.25) is 0 Å². The minimum Gasteiger partial charge on any atom is -0.395 e. The predicted molar refractivity (Wildman–Crippen MR) is 85.3 cm³/mol. The van der Waals surface area contributed by atoms with Gasteiger partial charge in [-0.15, -0.1) is 0 Å². The molecule has 2 N–H and O–H groups in total. The molecular formula is C17H24N2O2. The van der Waals surface area contributed by atoms with Crippen molar-refractivity contribution in [2.45, 2.75) is 20.3 Å². The van der Waals surface area contributed by atoms with Gasteiger partial charge in [-0.25, -0.2) is 0 Å². The smallest absolute Gasteiger partial charge is 0.251 e. The number of hydrogen-bond acceptors (Lipinski definition) is 3. The van der Waals surface area contributed by atoms with Crippen LogP contribution in [0.15, 0.2) is 18.2 Å². The van der Waals surface area contributed by atoms with Crippen LogP contribution in [0, 0.1) is 18.8 Å². The number of aliphatic hydroxyl groups is 1. The van der Waals surface area contributed by atoms with Gasteiger partial charge >= 0.3 is 0 Å². The van der Waals surface area contributed by atoms with E-state index in [4.69, 9.17) is 5.11 Å². The lowest BCUT2D eigenvalue weighted by molar-refractivity contribution is 0.0950. The molecule has 1 aromatic rings. The molecule has 0 bridgehead atoms. The monoisotopic (exact) mass is 288 g/mol. The number of benzene rings is 1. The van der Waals surface area contributed by atoms with E-state index >= 15 is 0 Å². The van der Waals surface area contributed by atoms with Gasteiger partial charge in [0.25, 0.3) is 5.91 Å². The van der Waals surface area contributed by atoms with Crippen molar-refractivity contribution in [1.29, 1.82) is 0 Å². The average Bonchev–Trinajstić information content (AvgIpc) is 2.46. The van der Waals surface area contributed by atoms with Crippen molar-refractivity contribution in [1.82, 2.24) is 10.2 Å². The van der Waals surface area contributed by atoms with Crippen LogP contribution < -0.4 is 5.32 Å². The number of aliphatic hydroxyl groups excluding tert-OH is 1. The first kappa shape index (κ1) is 17.2. The summed E-state index contributed by atoms with van der Waals surface area (Å²) in [6.45, 7) is 6.50. The Hall–Kier alpha value is -1.83. The highest BCUT2D eigenvalue weighted by Crippen LogP contribution is 2.09. The van der Waals surface area contributed by atoms with Gasteiger partial charge in [-0.3, -0.25) is 4.79 Å². The predicted octanol–water partition coefficient (Wildman–Crippen LogP) is 1.41. The van der Waals surface area contributed by atoms with Gasteiger partial charge in [0.1, 0.15) is 0 Å². The van der Waals surface area contributed by atoms with Gasteiger partial charge in [-0.05, 0) is 44.3 Å². The lowest BCUT2D eigenvalue weighted by atomic mass is 10.1. The van der Waals surface area contributed by atoms with Crippen molar-refractivity contribution in [3.8, 4) is 11.8 Å². The molecule has 0 heterocycles. The second-order valence-corrected chi connectivity index (χ2v) is 5.01. The third kappa shape index (κ3) is 6.44. The summed E-state index contributed by atoms with van der Waals surface area (Å²) < 4.78 is 0. The Labute approximate surface area is 127 Å². The topological polar surface area (TPSA) is 52.6 Å². The van der Waals surface area contributed by atoms with Crippen molar-refractivity contribution in [3.63, 3.8) is 0 Å². The molecule has 1 rings (SSSR count). The first-order valence-electron chi connectivity index (χ1n) is 7.25.